The molecule has 0 aliphatic carbocycles. The number of hydrogen-bond donors (Lipinski definition) is 2. The van der Waals surface area contributed by atoms with E-state index in [1.54, 1.807) is 7.05 Å². The van der Waals surface area contributed by atoms with E-state index in [0.717, 1.165) is 0 Å². The highest BCUT2D eigenvalue weighted by Crippen LogP contribution is 2.15. The number of nitrogens with zero attached hydrogens (tertiary/aromatic N) is 3. The van der Waals surface area contributed by atoms with Crippen LogP contribution in [0.15, 0.2) is 35.5 Å². The van der Waals surface area contributed by atoms with E-state index in [1.807, 2.05) is 0 Å². The highest BCUT2D eigenvalue weighted by Gasteiger charge is 2.14. The van der Waals surface area contributed by atoms with Gasteiger partial charge in [0.05, 0.1) is 18.0 Å². The molecule has 0 fully saturated rings. The first-order valence-corrected chi connectivity index (χ1v) is 7.67. The second-order valence-electron chi connectivity index (χ2n) is 4.20. The first-order chi connectivity index (χ1) is 10.0. The lowest BCUT2D eigenvalue weighted by atomic mass is 10.3. The maximum atomic E-state index is 12.1. The van der Waals surface area contributed by atoms with Crippen molar-refractivity contribution in [3.8, 4) is 5.75 Å². The zero-order chi connectivity index (χ0) is 15.3. The zero-order valence-corrected chi connectivity index (χ0v) is 12.2. The summed E-state index contributed by atoms with van der Waals surface area (Å²) < 4.78 is 33.3. The normalized spacial score (nSPS) is 11.5. The molecule has 9 heteroatoms. The lowest BCUT2D eigenvalue weighted by Crippen LogP contribution is -2.23. The first kappa shape index (κ1) is 15.4. The minimum Gasteiger partial charge on any atom is -0.491 e. The van der Waals surface area contributed by atoms with Crippen LogP contribution in [0.3, 0.4) is 0 Å². The van der Waals surface area contributed by atoms with Gasteiger partial charge in [-0.15, -0.1) is 0 Å². The van der Waals surface area contributed by atoms with Crippen molar-refractivity contribution in [1.82, 2.24) is 19.5 Å². The van der Waals surface area contributed by atoms with Crippen molar-refractivity contribution in [2.45, 2.75) is 11.4 Å². The Morgan fingerprint density at radius 2 is 2.05 bits per heavy atom. The highest BCUT2D eigenvalue weighted by molar-refractivity contribution is 7.89. The summed E-state index contributed by atoms with van der Waals surface area (Å²) in [6.45, 7) is 0.0836. The van der Waals surface area contributed by atoms with Crippen LogP contribution in [0.1, 0.15) is 5.82 Å². The van der Waals surface area contributed by atoms with Crippen molar-refractivity contribution in [3.05, 3.63) is 36.4 Å². The number of aryl methyl sites for hydroxylation is 1. The van der Waals surface area contributed by atoms with Gasteiger partial charge in [-0.25, -0.2) is 18.1 Å². The SMILES string of the molecule is Cn1cnc(CNS(=O)(=O)c2ccc(OCCO)cc2)n1. The van der Waals surface area contributed by atoms with Crippen LogP contribution in [0.25, 0.3) is 0 Å². The van der Waals surface area contributed by atoms with Crippen LogP contribution in [0, 0.1) is 0 Å². The Morgan fingerprint density at radius 1 is 1.33 bits per heavy atom. The molecule has 0 atom stereocenters. The summed E-state index contributed by atoms with van der Waals surface area (Å²) in [5.74, 6) is 0.887. The van der Waals surface area contributed by atoms with Crippen molar-refractivity contribution < 1.29 is 18.3 Å². The average molecular weight is 312 g/mol. The van der Waals surface area contributed by atoms with Crippen LogP contribution in [0.4, 0.5) is 0 Å². The number of benzene rings is 1. The lowest BCUT2D eigenvalue weighted by molar-refractivity contribution is 0.201. The third-order valence-corrected chi connectivity index (χ3v) is 3.98. The van der Waals surface area contributed by atoms with Crippen molar-refractivity contribution in [2.24, 2.45) is 7.05 Å². The molecule has 0 unspecified atom stereocenters. The van der Waals surface area contributed by atoms with E-state index < -0.39 is 10.0 Å². The number of aromatic nitrogens is 3. The van der Waals surface area contributed by atoms with Crippen LogP contribution in [0.2, 0.25) is 0 Å². The van der Waals surface area contributed by atoms with Gasteiger partial charge in [0, 0.05) is 7.05 Å². The van der Waals surface area contributed by atoms with Gasteiger partial charge in [0.25, 0.3) is 0 Å². The van der Waals surface area contributed by atoms with Gasteiger partial charge in [0.2, 0.25) is 10.0 Å². The quantitative estimate of drug-likeness (QED) is 0.725. The fourth-order valence-corrected chi connectivity index (χ4v) is 2.57. The van der Waals surface area contributed by atoms with Gasteiger partial charge in [-0.05, 0) is 24.3 Å². The van der Waals surface area contributed by atoms with Crippen LogP contribution in [-0.2, 0) is 23.6 Å². The van der Waals surface area contributed by atoms with Crippen LogP contribution >= 0.6 is 0 Å². The molecule has 1 aromatic heterocycles. The monoisotopic (exact) mass is 312 g/mol. The van der Waals surface area contributed by atoms with E-state index in [9.17, 15) is 8.42 Å². The van der Waals surface area contributed by atoms with E-state index >= 15 is 0 Å². The van der Waals surface area contributed by atoms with Gasteiger partial charge >= 0.3 is 0 Å². The largest absolute Gasteiger partial charge is 0.491 e. The molecule has 0 aliphatic rings. The standard InChI is InChI=1S/C12H16N4O4S/c1-16-9-13-12(15-16)8-14-21(18,19)11-4-2-10(3-5-11)20-7-6-17/h2-5,9,14,17H,6-8H2,1H3. The summed E-state index contributed by atoms with van der Waals surface area (Å²) in [6.07, 6.45) is 1.50. The molecular weight excluding hydrogens is 296 g/mol. The Labute approximate surface area is 122 Å². The molecular formula is C12H16N4O4S. The van der Waals surface area contributed by atoms with Crippen molar-refractivity contribution in [3.63, 3.8) is 0 Å². The molecule has 0 aliphatic heterocycles. The van der Waals surface area contributed by atoms with E-state index in [-0.39, 0.29) is 24.7 Å². The van der Waals surface area contributed by atoms with Crippen molar-refractivity contribution >= 4 is 10.0 Å². The average Bonchev–Trinajstić information content (AvgIpc) is 2.89. The van der Waals surface area contributed by atoms with Crippen molar-refractivity contribution in [2.75, 3.05) is 13.2 Å². The van der Waals surface area contributed by atoms with Crippen LogP contribution < -0.4 is 9.46 Å². The minimum atomic E-state index is -3.63. The van der Waals surface area contributed by atoms with E-state index in [4.69, 9.17) is 9.84 Å². The van der Waals surface area contributed by atoms with Gasteiger partial charge in [-0.1, -0.05) is 0 Å². The van der Waals surface area contributed by atoms with Gasteiger partial charge < -0.3 is 9.84 Å². The van der Waals surface area contributed by atoms with E-state index in [1.165, 1.54) is 35.3 Å². The maximum absolute atomic E-state index is 12.1. The molecule has 2 aromatic rings. The molecule has 0 bridgehead atoms. The number of ether oxygens (including phenoxy) is 1. The third-order valence-electron chi connectivity index (χ3n) is 2.56. The Bertz CT molecular complexity index is 682. The lowest BCUT2D eigenvalue weighted by Gasteiger charge is -2.07. The van der Waals surface area contributed by atoms with E-state index in [2.05, 4.69) is 14.8 Å². The smallest absolute Gasteiger partial charge is 0.240 e. The van der Waals surface area contributed by atoms with E-state index in [0.29, 0.717) is 11.6 Å². The molecule has 2 rings (SSSR count). The van der Waals surface area contributed by atoms with Crippen molar-refractivity contribution in [1.29, 1.82) is 0 Å². The number of hydrogen-bond acceptors (Lipinski definition) is 6. The minimum absolute atomic E-state index is 0.0198. The third kappa shape index (κ3) is 4.25. The summed E-state index contributed by atoms with van der Waals surface area (Å²) in [6, 6.07) is 5.92. The summed E-state index contributed by atoms with van der Waals surface area (Å²) in [7, 11) is -1.93. The van der Waals surface area contributed by atoms with Gasteiger partial charge in [-0.2, -0.15) is 5.10 Å². The molecule has 2 N–H and O–H groups in total. The molecule has 21 heavy (non-hydrogen) atoms. The second-order valence-corrected chi connectivity index (χ2v) is 5.97. The summed E-state index contributed by atoms with van der Waals surface area (Å²) in [5.41, 5.74) is 0. The zero-order valence-electron chi connectivity index (χ0n) is 11.4. The van der Waals surface area contributed by atoms with Gasteiger partial charge in [0.1, 0.15) is 18.7 Å². The first-order valence-electron chi connectivity index (χ1n) is 6.19. The molecule has 1 heterocycles. The topological polar surface area (TPSA) is 106 Å². The predicted octanol–water partition coefficient (Wildman–Crippen LogP) is -0.335. The molecule has 0 spiro atoms. The number of nitrogens with one attached hydrogen (secondary N) is 1. The van der Waals surface area contributed by atoms with Crippen LogP contribution in [0.5, 0.6) is 5.75 Å². The van der Waals surface area contributed by atoms with Gasteiger partial charge in [-0.3, -0.25) is 4.68 Å². The fraction of sp³-hybridized carbons (Fsp3) is 0.333. The second kappa shape index (κ2) is 6.66. The molecule has 0 saturated heterocycles. The molecule has 0 radical (unpaired) electrons. The Hall–Kier alpha value is -1.97. The Balaban J connectivity index is 2.01. The number of aliphatic hydroxyl groups excluding tert-OH is 1. The molecule has 1 aromatic carbocycles. The van der Waals surface area contributed by atoms with Gasteiger partial charge in [0.15, 0.2) is 5.82 Å². The summed E-state index contributed by atoms with van der Waals surface area (Å²) in [5, 5.41) is 12.6. The molecule has 0 saturated carbocycles. The highest BCUT2D eigenvalue weighted by atomic mass is 32.2. The summed E-state index contributed by atoms with van der Waals surface area (Å²) >= 11 is 0. The number of rotatable bonds is 7. The summed E-state index contributed by atoms with van der Waals surface area (Å²) in [4.78, 5) is 4.06. The molecule has 8 nitrogen and oxygen atoms in total. The number of sulfonamides is 1. The fourth-order valence-electron chi connectivity index (χ4n) is 1.59. The van der Waals surface area contributed by atoms with Crippen LogP contribution in [-0.4, -0.2) is 41.5 Å². The Morgan fingerprint density at radius 3 is 2.62 bits per heavy atom. The Kier molecular flexibility index (Phi) is 4.89. The maximum Gasteiger partial charge on any atom is 0.240 e. The molecule has 114 valence electrons. The number of aliphatic hydroxyl groups is 1. The molecule has 0 amide bonds. The predicted molar refractivity (Wildman–Crippen MR) is 74.1 cm³/mol.